The molecule has 0 spiro atoms. The molecule has 2 aromatic heterocycles. The van der Waals surface area contributed by atoms with Crippen LogP contribution in [0.3, 0.4) is 0 Å². The SMILES string of the molecule is COc1cc(OC)nc(NC(=O)c2ccc(-c3nnnn3C)c(S(N)(=O)=O)c2C)n1. The van der Waals surface area contributed by atoms with Crippen molar-refractivity contribution >= 4 is 21.9 Å². The van der Waals surface area contributed by atoms with Gasteiger partial charge in [-0.3, -0.25) is 10.1 Å². The molecule has 0 radical (unpaired) electrons. The van der Waals surface area contributed by atoms with E-state index in [1.807, 2.05) is 0 Å². The van der Waals surface area contributed by atoms with Gasteiger partial charge in [-0.15, -0.1) is 5.10 Å². The van der Waals surface area contributed by atoms with Crippen molar-refractivity contribution in [2.75, 3.05) is 19.5 Å². The molecule has 0 unspecified atom stereocenters. The second-order valence-corrected chi connectivity index (χ2v) is 7.51. The Bertz CT molecular complexity index is 1200. The Labute approximate surface area is 171 Å². The number of carbonyl (C=O) groups is 1. The van der Waals surface area contributed by atoms with Crippen molar-refractivity contribution in [3.63, 3.8) is 0 Å². The second kappa shape index (κ2) is 8.00. The largest absolute Gasteiger partial charge is 0.481 e. The van der Waals surface area contributed by atoms with Crippen LogP contribution in [0, 0.1) is 6.92 Å². The third-order valence-electron chi connectivity index (χ3n) is 4.12. The van der Waals surface area contributed by atoms with Gasteiger partial charge in [-0.1, -0.05) is 0 Å². The van der Waals surface area contributed by atoms with Crippen LogP contribution < -0.4 is 19.9 Å². The molecule has 0 aliphatic rings. The van der Waals surface area contributed by atoms with Crippen LogP contribution in [0.2, 0.25) is 0 Å². The molecule has 158 valence electrons. The lowest BCUT2D eigenvalue weighted by Crippen LogP contribution is -2.21. The number of hydrogen-bond acceptors (Lipinski definition) is 10. The van der Waals surface area contributed by atoms with Gasteiger partial charge in [0.15, 0.2) is 5.82 Å². The summed E-state index contributed by atoms with van der Waals surface area (Å²) in [6, 6.07) is 4.27. The number of sulfonamides is 1. The van der Waals surface area contributed by atoms with Crippen LogP contribution in [0.4, 0.5) is 5.95 Å². The van der Waals surface area contributed by atoms with E-state index >= 15 is 0 Å². The van der Waals surface area contributed by atoms with Crippen LogP contribution in [0.5, 0.6) is 11.8 Å². The Balaban J connectivity index is 2.07. The smallest absolute Gasteiger partial charge is 0.258 e. The highest BCUT2D eigenvalue weighted by Crippen LogP contribution is 2.30. The molecular formula is C16H18N8O5S. The van der Waals surface area contributed by atoms with Crippen LogP contribution in [-0.2, 0) is 17.1 Å². The minimum absolute atomic E-state index is 0.0447. The monoisotopic (exact) mass is 434 g/mol. The first-order chi connectivity index (χ1) is 14.2. The van der Waals surface area contributed by atoms with E-state index < -0.39 is 15.9 Å². The lowest BCUT2D eigenvalue weighted by atomic mass is 10.0. The summed E-state index contributed by atoms with van der Waals surface area (Å²) in [5.41, 5.74) is 0.326. The minimum atomic E-state index is -4.22. The number of rotatable bonds is 6. The number of nitrogens with zero attached hydrogens (tertiary/aromatic N) is 6. The summed E-state index contributed by atoms with van der Waals surface area (Å²) >= 11 is 0. The summed E-state index contributed by atoms with van der Waals surface area (Å²) in [5.74, 6) is -0.229. The number of carbonyl (C=O) groups excluding carboxylic acids is 1. The first kappa shape index (κ1) is 21.1. The van der Waals surface area contributed by atoms with Crippen LogP contribution in [0.25, 0.3) is 11.4 Å². The summed E-state index contributed by atoms with van der Waals surface area (Å²) in [5, 5.41) is 18.9. The van der Waals surface area contributed by atoms with Crippen molar-refractivity contribution in [1.82, 2.24) is 30.2 Å². The molecule has 0 atom stereocenters. The standard InChI is InChI=1S/C16H18N8O5S/c1-8-9(15(25)20-16-18-11(28-3)7-12(19-16)29-4)5-6-10(13(8)30(17,26)27)14-21-22-23-24(14)2/h5-7H,1-4H3,(H2,17,26,27)(H,18,19,20,25). The Hall–Kier alpha value is -3.65. The number of primary sulfonamides is 1. The lowest BCUT2D eigenvalue weighted by Gasteiger charge is -2.14. The van der Waals surface area contributed by atoms with Crippen molar-refractivity contribution in [3.8, 4) is 23.1 Å². The molecule has 14 heteroatoms. The summed E-state index contributed by atoms with van der Waals surface area (Å²) in [6.45, 7) is 1.45. The predicted molar refractivity (Wildman–Crippen MR) is 103 cm³/mol. The zero-order valence-corrected chi connectivity index (χ0v) is 17.3. The van der Waals surface area contributed by atoms with E-state index in [-0.39, 0.29) is 45.1 Å². The molecule has 0 saturated heterocycles. The van der Waals surface area contributed by atoms with Gasteiger partial charge in [0.05, 0.1) is 25.2 Å². The molecule has 30 heavy (non-hydrogen) atoms. The molecule has 0 saturated carbocycles. The molecule has 1 amide bonds. The van der Waals surface area contributed by atoms with Gasteiger partial charge in [-0.25, -0.2) is 18.2 Å². The first-order valence-corrected chi connectivity index (χ1v) is 9.88. The molecule has 3 rings (SSSR count). The molecule has 3 N–H and O–H groups in total. The topological polar surface area (TPSA) is 177 Å². The van der Waals surface area contributed by atoms with Gasteiger partial charge in [0, 0.05) is 18.2 Å². The van der Waals surface area contributed by atoms with Gasteiger partial charge >= 0.3 is 0 Å². The van der Waals surface area contributed by atoms with E-state index in [2.05, 4.69) is 30.8 Å². The number of aromatic nitrogens is 6. The molecule has 1 aromatic carbocycles. The fraction of sp³-hybridized carbons (Fsp3) is 0.250. The van der Waals surface area contributed by atoms with Gasteiger partial charge in [0.1, 0.15) is 0 Å². The first-order valence-electron chi connectivity index (χ1n) is 8.33. The van der Waals surface area contributed by atoms with Crippen molar-refractivity contribution in [3.05, 3.63) is 29.3 Å². The quantitative estimate of drug-likeness (QED) is 0.532. The normalized spacial score (nSPS) is 11.2. The molecule has 13 nitrogen and oxygen atoms in total. The number of tetrazole rings is 1. The van der Waals surface area contributed by atoms with Crippen LogP contribution >= 0.6 is 0 Å². The number of nitrogens with one attached hydrogen (secondary N) is 1. The molecule has 2 heterocycles. The van der Waals surface area contributed by atoms with Crippen molar-refractivity contribution < 1.29 is 22.7 Å². The summed E-state index contributed by atoms with van der Waals surface area (Å²) in [4.78, 5) is 20.6. The highest BCUT2D eigenvalue weighted by Gasteiger charge is 2.26. The maximum absolute atomic E-state index is 12.8. The second-order valence-electron chi connectivity index (χ2n) is 6.02. The zero-order valence-electron chi connectivity index (χ0n) is 16.4. The Morgan fingerprint density at radius 3 is 2.30 bits per heavy atom. The predicted octanol–water partition coefficient (Wildman–Crippen LogP) is -0.108. The maximum Gasteiger partial charge on any atom is 0.258 e. The van der Waals surface area contributed by atoms with Gasteiger partial charge in [-0.05, 0) is 35.0 Å². The summed E-state index contributed by atoms with van der Waals surface area (Å²) < 4.78 is 36.0. The number of hydrogen-bond donors (Lipinski definition) is 2. The Morgan fingerprint density at radius 1 is 1.17 bits per heavy atom. The number of anilines is 1. The summed E-state index contributed by atoms with van der Waals surface area (Å²) in [6.07, 6.45) is 0. The molecule has 0 bridgehead atoms. The lowest BCUT2D eigenvalue weighted by molar-refractivity contribution is 0.102. The van der Waals surface area contributed by atoms with E-state index in [0.717, 1.165) is 0 Å². The third-order valence-corrected chi connectivity index (χ3v) is 5.21. The van der Waals surface area contributed by atoms with Crippen LogP contribution in [-0.4, -0.2) is 58.7 Å². The van der Waals surface area contributed by atoms with E-state index in [1.54, 1.807) is 7.05 Å². The summed E-state index contributed by atoms with van der Waals surface area (Å²) in [7, 11) is 0.128. The number of benzene rings is 1. The minimum Gasteiger partial charge on any atom is -0.481 e. The van der Waals surface area contributed by atoms with Crippen molar-refractivity contribution in [2.45, 2.75) is 11.8 Å². The Kier molecular flexibility index (Phi) is 5.62. The van der Waals surface area contributed by atoms with E-state index in [0.29, 0.717) is 0 Å². The fourth-order valence-corrected chi connectivity index (χ4v) is 3.78. The number of aryl methyl sites for hydroxylation is 1. The van der Waals surface area contributed by atoms with E-state index in [4.69, 9.17) is 14.6 Å². The van der Waals surface area contributed by atoms with E-state index in [1.165, 1.54) is 44.0 Å². The Morgan fingerprint density at radius 2 is 1.80 bits per heavy atom. The van der Waals surface area contributed by atoms with Gasteiger partial charge in [-0.2, -0.15) is 9.97 Å². The van der Waals surface area contributed by atoms with Gasteiger partial charge in [0.2, 0.25) is 27.7 Å². The van der Waals surface area contributed by atoms with Crippen molar-refractivity contribution in [1.29, 1.82) is 0 Å². The number of nitrogens with two attached hydrogens (primary N) is 1. The molecule has 0 aliphatic carbocycles. The zero-order chi connectivity index (χ0) is 22.1. The third kappa shape index (κ3) is 4.04. The number of amides is 1. The van der Waals surface area contributed by atoms with Gasteiger partial charge < -0.3 is 9.47 Å². The maximum atomic E-state index is 12.8. The van der Waals surface area contributed by atoms with E-state index in [9.17, 15) is 13.2 Å². The average molecular weight is 434 g/mol. The highest BCUT2D eigenvalue weighted by atomic mass is 32.2. The van der Waals surface area contributed by atoms with Crippen LogP contribution in [0.1, 0.15) is 15.9 Å². The molecule has 0 aliphatic heterocycles. The van der Waals surface area contributed by atoms with Crippen LogP contribution in [0.15, 0.2) is 23.1 Å². The van der Waals surface area contributed by atoms with Crippen molar-refractivity contribution in [2.24, 2.45) is 12.2 Å². The number of ether oxygens (including phenoxy) is 2. The highest BCUT2D eigenvalue weighted by molar-refractivity contribution is 7.89. The number of methoxy groups -OCH3 is 2. The molecular weight excluding hydrogens is 416 g/mol. The fourth-order valence-electron chi connectivity index (χ4n) is 2.78. The average Bonchev–Trinajstić information content (AvgIpc) is 3.11. The van der Waals surface area contributed by atoms with Gasteiger partial charge in [0.25, 0.3) is 5.91 Å². The molecule has 0 fully saturated rings. The molecule has 3 aromatic rings.